The van der Waals surface area contributed by atoms with Crippen LogP contribution in [0.25, 0.3) is 0 Å². The minimum Gasteiger partial charge on any atom is -0.312 e. The van der Waals surface area contributed by atoms with Crippen LogP contribution in [0.3, 0.4) is 0 Å². The maximum absolute atomic E-state index is 3.41. The highest BCUT2D eigenvalue weighted by Crippen LogP contribution is 2.24. The van der Waals surface area contributed by atoms with E-state index in [1.165, 1.54) is 42.1 Å². The Kier molecular flexibility index (Phi) is 5.01. The van der Waals surface area contributed by atoms with E-state index in [2.05, 4.69) is 30.1 Å². The van der Waals surface area contributed by atoms with Crippen molar-refractivity contribution in [2.75, 3.05) is 19.6 Å². The van der Waals surface area contributed by atoms with Crippen LogP contribution in [0.15, 0.2) is 6.07 Å². The van der Waals surface area contributed by atoms with Gasteiger partial charge in [0, 0.05) is 22.8 Å². The van der Waals surface area contributed by atoms with Crippen LogP contribution in [0.1, 0.15) is 41.5 Å². The third kappa shape index (κ3) is 3.80. The van der Waals surface area contributed by atoms with Crippen LogP contribution >= 0.6 is 11.3 Å². The van der Waals surface area contributed by atoms with Gasteiger partial charge in [0.05, 0.1) is 0 Å². The Morgan fingerprint density at radius 1 is 1.29 bits per heavy atom. The summed E-state index contributed by atoms with van der Waals surface area (Å²) in [5, 5.41) is 3.41. The van der Waals surface area contributed by atoms with Crippen molar-refractivity contribution in [1.29, 1.82) is 0 Å². The molecule has 1 aliphatic heterocycles. The molecule has 1 saturated heterocycles. The Balaban J connectivity index is 1.92. The van der Waals surface area contributed by atoms with E-state index < -0.39 is 0 Å². The van der Waals surface area contributed by atoms with Gasteiger partial charge in [0.15, 0.2) is 0 Å². The van der Waals surface area contributed by atoms with E-state index in [1.54, 1.807) is 5.56 Å². The van der Waals surface area contributed by atoms with E-state index in [0.717, 1.165) is 19.6 Å². The third-order valence-electron chi connectivity index (χ3n) is 3.46. The van der Waals surface area contributed by atoms with Gasteiger partial charge in [-0.05, 0) is 51.0 Å². The van der Waals surface area contributed by atoms with Crippen molar-refractivity contribution < 1.29 is 0 Å². The van der Waals surface area contributed by atoms with Gasteiger partial charge in [-0.1, -0.05) is 13.3 Å². The van der Waals surface area contributed by atoms with Crippen LogP contribution < -0.4 is 5.32 Å². The van der Waals surface area contributed by atoms with Gasteiger partial charge in [-0.15, -0.1) is 11.3 Å². The maximum Gasteiger partial charge on any atom is 0.0299 e. The first-order valence-corrected chi connectivity index (χ1v) is 7.62. The van der Waals surface area contributed by atoms with Crippen molar-refractivity contribution in [3.63, 3.8) is 0 Å². The highest BCUT2D eigenvalue weighted by atomic mass is 32.1. The Bertz CT molecular complexity index is 340. The summed E-state index contributed by atoms with van der Waals surface area (Å²) in [6.45, 7) is 10.2. The molecule has 1 N–H and O–H groups in total. The fraction of sp³-hybridized carbons (Fsp3) is 0.714. The van der Waals surface area contributed by atoms with Crippen molar-refractivity contribution in [2.45, 2.75) is 46.2 Å². The number of aryl methyl sites for hydroxylation is 1. The molecule has 1 aromatic heterocycles. The molecule has 0 saturated carbocycles. The maximum atomic E-state index is 3.41. The van der Waals surface area contributed by atoms with Gasteiger partial charge >= 0.3 is 0 Å². The van der Waals surface area contributed by atoms with Gasteiger partial charge in [0.25, 0.3) is 0 Å². The van der Waals surface area contributed by atoms with Crippen LogP contribution in [-0.2, 0) is 13.1 Å². The lowest BCUT2D eigenvalue weighted by Crippen LogP contribution is -2.29. The quantitative estimate of drug-likeness (QED) is 0.866. The molecule has 0 aromatic carbocycles. The second-order valence-electron chi connectivity index (χ2n) is 4.91. The van der Waals surface area contributed by atoms with Crippen LogP contribution in [-0.4, -0.2) is 24.5 Å². The number of nitrogens with one attached hydrogen (secondary N) is 1. The minimum atomic E-state index is 1.03. The molecule has 0 unspecified atom stereocenters. The fourth-order valence-corrected chi connectivity index (χ4v) is 3.46. The highest BCUT2D eigenvalue weighted by Gasteiger charge is 2.13. The molecule has 2 rings (SSSR count). The SMILES string of the molecule is CCNCc1cc(CN2CCCCC2)c(C)s1. The van der Waals surface area contributed by atoms with Crippen LogP contribution in [0.5, 0.6) is 0 Å². The molecular formula is C14H24N2S. The van der Waals surface area contributed by atoms with Crippen molar-refractivity contribution in [2.24, 2.45) is 0 Å². The average Bonchev–Trinajstić information content (AvgIpc) is 2.69. The van der Waals surface area contributed by atoms with Crippen LogP contribution in [0.4, 0.5) is 0 Å². The van der Waals surface area contributed by atoms with Crippen LogP contribution in [0, 0.1) is 6.92 Å². The predicted octanol–water partition coefficient (Wildman–Crippen LogP) is 3.15. The summed E-state index contributed by atoms with van der Waals surface area (Å²) >= 11 is 1.95. The molecule has 17 heavy (non-hydrogen) atoms. The topological polar surface area (TPSA) is 15.3 Å². The molecule has 0 aliphatic carbocycles. The van der Waals surface area contributed by atoms with Crippen molar-refractivity contribution in [3.8, 4) is 0 Å². The summed E-state index contributed by atoms with van der Waals surface area (Å²) < 4.78 is 0. The molecule has 0 atom stereocenters. The van der Waals surface area contributed by atoms with E-state index in [9.17, 15) is 0 Å². The summed E-state index contributed by atoms with van der Waals surface area (Å²) in [5.74, 6) is 0. The molecule has 2 heterocycles. The lowest BCUT2D eigenvalue weighted by atomic mass is 10.1. The smallest absolute Gasteiger partial charge is 0.0299 e. The number of piperidine rings is 1. The zero-order valence-electron chi connectivity index (χ0n) is 11.1. The largest absolute Gasteiger partial charge is 0.312 e. The summed E-state index contributed by atoms with van der Waals surface area (Å²) in [6.07, 6.45) is 4.19. The molecule has 0 radical (unpaired) electrons. The van der Waals surface area contributed by atoms with Gasteiger partial charge in [-0.2, -0.15) is 0 Å². The molecular weight excluding hydrogens is 228 g/mol. The van der Waals surface area contributed by atoms with Gasteiger partial charge in [-0.3, -0.25) is 4.90 Å². The summed E-state index contributed by atoms with van der Waals surface area (Å²) in [6, 6.07) is 2.40. The second kappa shape index (κ2) is 6.53. The molecule has 1 aliphatic rings. The Hall–Kier alpha value is -0.380. The molecule has 1 aromatic rings. The van der Waals surface area contributed by atoms with Crippen LogP contribution in [0.2, 0.25) is 0 Å². The molecule has 0 amide bonds. The first-order chi connectivity index (χ1) is 8.29. The Morgan fingerprint density at radius 2 is 2.06 bits per heavy atom. The molecule has 2 nitrogen and oxygen atoms in total. The summed E-state index contributed by atoms with van der Waals surface area (Å²) in [7, 11) is 0. The van der Waals surface area contributed by atoms with Gasteiger partial charge < -0.3 is 5.32 Å². The number of hydrogen-bond donors (Lipinski definition) is 1. The molecule has 0 spiro atoms. The molecule has 3 heteroatoms. The number of rotatable bonds is 5. The Morgan fingerprint density at radius 3 is 2.76 bits per heavy atom. The van der Waals surface area contributed by atoms with E-state index in [4.69, 9.17) is 0 Å². The van der Waals surface area contributed by atoms with Gasteiger partial charge in [-0.25, -0.2) is 0 Å². The highest BCUT2D eigenvalue weighted by molar-refractivity contribution is 7.12. The third-order valence-corrected chi connectivity index (χ3v) is 4.56. The first-order valence-electron chi connectivity index (χ1n) is 6.81. The molecule has 1 fully saturated rings. The minimum absolute atomic E-state index is 1.03. The zero-order valence-corrected chi connectivity index (χ0v) is 11.9. The lowest BCUT2D eigenvalue weighted by Gasteiger charge is -2.26. The van der Waals surface area contributed by atoms with E-state index in [0.29, 0.717) is 0 Å². The number of hydrogen-bond acceptors (Lipinski definition) is 3. The van der Waals surface area contributed by atoms with Crippen molar-refractivity contribution >= 4 is 11.3 Å². The van der Waals surface area contributed by atoms with E-state index in [-0.39, 0.29) is 0 Å². The monoisotopic (exact) mass is 252 g/mol. The fourth-order valence-electron chi connectivity index (χ4n) is 2.44. The van der Waals surface area contributed by atoms with E-state index in [1.807, 2.05) is 11.3 Å². The second-order valence-corrected chi connectivity index (χ2v) is 6.25. The summed E-state index contributed by atoms with van der Waals surface area (Å²) in [5.41, 5.74) is 1.55. The van der Waals surface area contributed by atoms with Crippen molar-refractivity contribution in [1.82, 2.24) is 10.2 Å². The zero-order chi connectivity index (χ0) is 12.1. The normalized spacial score (nSPS) is 17.5. The van der Waals surface area contributed by atoms with Gasteiger partial charge in [0.1, 0.15) is 0 Å². The number of thiophene rings is 1. The lowest BCUT2D eigenvalue weighted by molar-refractivity contribution is 0.221. The van der Waals surface area contributed by atoms with E-state index >= 15 is 0 Å². The standard InChI is InChI=1S/C14H24N2S/c1-3-15-10-14-9-13(12(2)17-14)11-16-7-5-4-6-8-16/h9,15H,3-8,10-11H2,1-2H3. The Labute approximate surface area is 109 Å². The number of nitrogens with zero attached hydrogens (tertiary/aromatic N) is 1. The molecule has 96 valence electrons. The molecule has 0 bridgehead atoms. The summed E-state index contributed by atoms with van der Waals surface area (Å²) in [4.78, 5) is 5.59. The van der Waals surface area contributed by atoms with Crippen molar-refractivity contribution in [3.05, 3.63) is 21.4 Å². The average molecular weight is 252 g/mol. The number of likely N-dealkylation sites (tertiary alicyclic amines) is 1. The van der Waals surface area contributed by atoms with Gasteiger partial charge in [0.2, 0.25) is 0 Å². The first kappa shape index (κ1) is 13.1. The predicted molar refractivity (Wildman–Crippen MR) is 75.6 cm³/mol.